The van der Waals surface area contributed by atoms with E-state index in [-0.39, 0.29) is 0 Å². The van der Waals surface area contributed by atoms with Crippen LogP contribution in [-0.2, 0) is 0 Å². The quantitative estimate of drug-likeness (QED) is 0.819. The van der Waals surface area contributed by atoms with Crippen LogP contribution in [0.3, 0.4) is 0 Å². The Balaban J connectivity index is 1.50. The Hall–Kier alpha value is -0.120. The van der Waals surface area contributed by atoms with Crippen LogP contribution in [0.1, 0.15) is 46.0 Å². The van der Waals surface area contributed by atoms with Crippen molar-refractivity contribution in [3.05, 3.63) is 0 Å². The monoisotopic (exact) mass is 265 g/mol. The van der Waals surface area contributed by atoms with Crippen LogP contribution in [0.15, 0.2) is 0 Å². The van der Waals surface area contributed by atoms with Crippen LogP contribution >= 0.6 is 0 Å². The Labute approximate surface area is 118 Å². The van der Waals surface area contributed by atoms with Gasteiger partial charge in [0.1, 0.15) is 0 Å². The second-order valence-corrected chi connectivity index (χ2v) is 7.08. The fourth-order valence-corrected chi connectivity index (χ4v) is 3.78. The van der Waals surface area contributed by atoms with E-state index in [1.165, 1.54) is 64.8 Å². The van der Waals surface area contributed by atoms with Gasteiger partial charge in [-0.1, -0.05) is 6.92 Å². The summed E-state index contributed by atoms with van der Waals surface area (Å²) in [5.41, 5.74) is 0. The lowest BCUT2D eigenvalue weighted by Gasteiger charge is -2.34. The van der Waals surface area contributed by atoms with E-state index < -0.39 is 0 Å². The van der Waals surface area contributed by atoms with Gasteiger partial charge in [-0.05, 0) is 71.1 Å². The summed E-state index contributed by atoms with van der Waals surface area (Å²) in [7, 11) is 0. The minimum Gasteiger partial charge on any atom is -0.314 e. The van der Waals surface area contributed by atoms with Crippen LogP contribution in [0.2, 0.25) is 0 Å². The highest BCUT2D eigenvalue weighted by atomic mass is 15.3. The van der Waals surface area contributed by atoms with Gasteiger partial charge in [0.15, 0.2) is 0 Å². The van der Waals surface area contributed by atoms with E-state index in [4.69, 9.17) is 0 Å². The molecule has 3 aliphatic rings. The van der Waals surface area contributed by atoms with Crippen molar-refractivity contribution in [3.63, 3.8) is 0 Å². The first-order chi connectivity index (χ1) is 9.24. The topological polar surface area (TPSA) is 18.5 Å². The zero-order chi connectivity index (χ0) is 13.2. The van der Waals surface area contributed by atoms with E-state index in [2.05, 4.69) is 29.0 Å². The van der Waals surface area contributed by atoms with Crippen molar-refractivity contribution in [2.75, 3.05) is 32.7 Å². The molecule has 110 valence electrons. The van der Waals surface area contributed by atoms with Gasteiger partial charge in [0.25, 0.3) is 0 Å². The van der Waals surface area contributed by atoms with E-state index in [0.29, 0.717) is 0 Å². The highest BCUT2D eigenvalue weighted by Crippen LogP contribution is 2.24. The highest BCUT2D eigenvalue weighted by molar-refractivity contribution is 4.88. The lowest BCUT2D eigenvalue weighted by molar-refractivity contribution is 0.144. The first-order valence-corrected chi connectivity index (χ1v) is 8.45. The molecule has 3 atom stereocenters. The van der Waals surface area contributed by atoms with E-state index in [9.17, 15) is 0 Å². The summed E-state index contributed by atoms with van der Waals surface area (Å²) in [6.07, 6.45) is 7.02. The van der Waals surface area contributed by atoms with Crippen molar-refractivity contribution in [2.24, 2.45) is 5.92 Å². The van der Waals surface area contributed by atoms with Crippen LogP contribution in [0, 0.1) is 5.92 Å². The number of rotatable bonds is 5. The van der Waals surface area contributed by atoms with Gasteiger partial charge < -0.3 is 5.32 Å². The summed E-state index contributed by atoms with van der Waals surface area (Å²) < 4.78 is 0. The Kier molecular flexibility index (Phi) is 4.45. The van der Waals surface area contributed by atoms with Crippen molar-refractivity contribution in [1.29, 1.82) is 0 Å². The first-order valence-electron chi connectivity index (χ1n) is 8.45. The van der Waals surface area contributed by atoms with Gasteiger partial charge in [-0.25, -0.2) is 0 Å². The Morgan fingerprint density at radius 1 is 1.05 bits per heavy atom. The molecule has 3 fully saturated rings. The van der Waals surface area contributed by atoms with E-state index in [1.807, 2.05) is 0 Å². The standard InChI is InChI=1S/C16H31N3/c1-13(11-17-15-6-7-15)14(2)19-10-4-9-18-8-3-5-16(18)12-19/h13-17H,3-12H2,1-2H3. The molecule has 0 bridgehead atoms. The maximum Gasteiger partial charge on any atom is 0.0223 e. The molecule has 2 heterocycles. The summed E-state index contributed by atoms with van der Waals surface area (Å²) in [5, 5.41) is 3.70. The molecular weight excluding hydrogens is 234 g/mol. The number of hydrogen-bond donors (Lipinski definition) is 1. The molecule has 0 aromatic rings. The number of nitrogens with zero attached hydrogens (tertiary/aromatic N) is 2. The first kappa shape index (κ1) is 13.8. The molecule has 0 radical (unpaired) electrons. The predicted molar refractivity (Wildman–Crippen MR) is 80.4 cm³/mol. The maximum absolute atomic E-state index is 3.70. The van der Waals surface area contributed by atoms with Gasteiger partial charge in [0.05, 0.1) is 0 Å². The van der Waals surface area contributed by atoms with Gasteiger partial charge in [-0.15, -0.1) is 0 Å². The molecule has 0 spiro atoms. The van der Waals surface area contributed by atoms with Gasteiger partial charge in [-0.2, -0.15) is 0 Å². The third-order valence-corrected chi connectivity index (χ3v) is 5.54. The largest absolute Gasteiger partial charge is 0.314 e. The highest BCUT2D eigenvalue weighted by Gasteiger charge is 2.32. The SMILES string of the molecule is CC(CNC1CC1)C(C)N1CCCN2CCCC2C1. The number of hydrogen-bond acceptors (Lipinski definition) is 3. The second-order valence-electron chi connectivity index (χ2n) is 7.08. The number of fused-ring (bicyclic) bond motifs is 1. The summed E-state index contributed by atoms with van der Waals surface area (Å²) in [5.74, 6) is 0.772. The molecule has 19 heavy (non-hydrogen) atoms. The maximum atomic E-state index is 3.70. The molecule has 1 N–H and O–H groups in total. The smallest absolute Gasteiger partial charge is 0.0223 e. The van der Waals surface area contributed by atoms with Crippen LogP contribution in [0.4, 0.5) is 0 Å². The molecule has 2 saturated heterocycles. The molecule has 1 saturated carbocycles. The molecular formula is C16H31N3. The molecule has 3 rings (SSSR count). The normalized spacial score (nSPS) is 32.8. The zero-order valence-corrected chi connectivity index (χ0v) is 12.8. The van der Waals surface area contributed by atoms with Crippen molar-refractivity contribution in [1.82, 2.24) is 15.1 Å². The minimum atomic E-state index is 0.729. The average molecular weight is 265 g/mol. The Morgan fingerprint density at radius 2 is 1.84 bits per heavy atom. The van der Waals surface area contributed by atoms with Gasteiger partial charge in [-0.3, -0.25) is 9.80 Å². The van der Waals surface area contributed by atoms with Crippen LogP contribution in [0.25, 0.3) is 0 Å². The fourth-order valence-electron chi connectivity index (χ4n) is 3.78. The summed E-state index contributed by atoms with van der Waals surface area (Å²) in [4.78, 5) is 5.51. The Morgan fingerprint density at radius 3 is 2.63 bits per heavy atom. The van der Waals surface area contributed by atoms with Crippen LogP contribution in [-0.4, -0.2) is 60.6 Å². The summed E-state index contributed by atoms with van der Waals surface area (Å²) in [6.45, 7) is 11.4. The third kappa shape index (κ3) is 3.50. The lowest BCUT2D eigenvalue weighted by Crippen LogP contribution is -2.45. The van der Waals surface area contributed by atoms with E-state index in [0.717, 1.165) is 24.0 Å². The zero-order valence-electron chi connectivity index (χ0n) is 12.8. The van der Waals surface area contributed by atoms with Crippen molar-refractivity contribution >= 4 is 0 Å². The molecule has 0 amide bonds. The number of nitrogens with one attached hydrogen (secondary N) is 1. The van der Waals surface area contributed by atoms with E-state index >= 15 is 0 Å². The molecule has 3 heteroatoms. The molecule has 1 aliphatic carbocycles. The van der Waals surface area contributed by atoms with E-state index in [1.54, 1.807) is 0 Å². The minimum absolute atomic E-state index is 0.729. The third-order valence-electron chi connectivity index (χ3n) is 5.54. The summed E-state index contributed by atoms with van der Waals surface area (Å²) in [6, 6.07) is 2.43. The molecule has 3 unspecified atom stereocenters. The van der Waals surface area contributed by atoms with Crippen molar-refractivity contribution < 1.29 is 0 Å². The fraction of sp³-hybridized carbons (Fsp3) is 1.00. The van der Waals surface area contributed by atoms with Gasteiger partial charge in [0.2, 0.25) is 0 Å². The molecule has 0 aromatic heterocycles. The average Bonchev–Trinajstić information content (AvgIpc) is 3.18. The van der Waals surface area contributed by atoms with Gasteiger partial charge in [0, 0.05) is 24.7 Å². The lowest BCUT2D eigenvalue weighted by atomic mass is 10.0. The molecule has 0 aromatic carbocycles. The summed E-state index contributed by atoms with van der Waals surface area (Å²) >= 11 is 0. The Bertz CT molecular complexity index is 290. The predicted octanol–water partition coefficient (Wildman–Crippen LogP) is 1.93. The van der Waals surface area contributed by atoms with Gasteiger partial charge >= 0.3 is 0 Å². The second kappa shape index (κ2) is 6.11. The van der Waals surface area contributed by atoms with Crippen LogP contribution < -0.4 is 5.32 Å². The molecule has 2 aliphatic heterocycles. The molecule has 3 nitrogen and oxygen atoms in total. The van der Waals surface area contributed by atoms with Crippen molar-refractivity contribution in [2.45, 2.75) is 64.1 Å². The van der Waals surface area contributed by atoms with Crippen LogP contribution in [0.5, 0.6) is 0 Å². The van der Waals surface area contributed by atoms with Crippen molar-refractivity contribution in [3.8, 4) is 0 Å².